The highest BCUT2D eigenvalue weighted by Crippen LogP contribution is 2.13. The Hall–Kier alpha value is -1.04. The van der Waals surface area contributed by atoms with Gasteiger partial charge >= 0.3 is 0 Å². The van der Waals surface area contributed by atoms with Crippen LogP contribution in [0.25, 0.3) is 0 Å². The third kappa shape index (κ3) is 6.44. The van der Waals surface area contributed by atoms with E-state index in [1.54, 1.807) is 0 Å². The maximum Gasteiger partial charge on any atom is -0.0241 e. The first kappa shape index (κ1) is 15.0. The van der Waals surface area contributed by atoms with E-state index >= 15 is 0 Å². The van der Waals surface area contributed by atoms with Gasteiger partial charge in [-0.1, -0.05) is 69.2 Å². The number of hydrogen-bond acceptors (Lipinski definition) is 0. The fourth-order valence-electron chi connectivity index (χ4n) is 1.67. The monoisotopic (exact) mass is 218 g/mol. The molecule has 0 heteroatoms. The van der Waals surface area contributed by atoms with Crippen LogP contribution in [-0.2, 0) is 6.42 Å². The van der Waals surface area contributed by atoms with Crippen molar-refractivity contribution in [2.75, 3.05) is 0 Å². The van der Waals surface area contributed by atoms with Gasteiger partial charge in [-0.3, -0.25) is 0 Å². The summed E-state index contributed by atoms with van der Waals surface area (Å²) in [6.45, 7) is 12.4. The quantitative estimate of drug-likeness (QED) is 0.587. The lowest BCUT2D eigenvalue weighted by atomic mass is 10.0. The number of hydrogen-bond donors (Lipinski definition) is 0. The first-order chi connectivity index (χ1) is 7.72. The molecule has 0 saturated carbocycles. The molecule has 0 heterocycles. The predicted molar refractivity (Wildman–Crippen MR) is 74.9 cm³/mol. The highest BCUT2D eigenvalue weighted by Gasteiger charge is 1.96. The lowest BCUT2D eigenvalue weighted by Crippen LogP contribution is -1.88. The molecule has 0 aromatic heterocycles. The third-order valence-electron chi connectivity index (χ3n) is 2.45. The van der Waals surface area contributed by atoms with Crippen molar-refractivity contribution in [1.82, 2.24) is 0 Å². The summed E-state index contributed by atoms with van der Waals surface area (Å²) in [6.07, 6.45) is 4.66. The second-order valence-corrected chi connectivity index (χ2v) is 3.99. The maximum absolute atomic E-state index is 4.08. The van der Waals surface area contributed by atoms with Crippen LogP contribution >= 0.6 is 0 Å². The van der Waals surface area contributed by atoms with E-state index in [1.807, 2.05) is 13.8 Å². The van der Waals surface area contributed by atoms with Crippen LogP contribution in [0.3, 0.4) is 0 Å². The van der Waals surface area contributed by atoms with Gasteiger partial charge in [0.1, 0.15) is 0 Å². The summed E-state index contributed by atoms with van der Waals surface area (Å²) in [6, 6.07) is 8.74. The average molecular weight is 218 g/mol. The predicted octanol–water partition coefficient (Wildman–Crippen LogP) is 5.31. The normalized spacial score (nSPS) is 9.25. The SMILES string of the molecule is C=C(CCC)CCc1cccc(C)c1.CC. The zero-order valence-corrected chi connectivity index (χ0v) is 11.3. The molecule has 1 aromatic rings. The lowest BCUT2D eigenvalue weighted by Gasteiger charge is -2.04. The number of aryl methyl sites for hydroxylation is 2. The molecule has 1 aromatic carbocycles. The highest BCUT2D eigenvalue weighted by molar-refractivity contribution is 5.22. The van der Waals surface area contributed by atoms with Crippen molar-refractivity contribution in [1.29, 1.82) is 0 Å². The minimum absolute atomic E-state index is 1.14. The van der Waals surface area contributed by atoms with Crippen molar-refractivity contribution in [3.05, 3.63) is 47.5 Å². The van der Waals surface area contributed by atoms with Gasteiger partial charge in [0.25, 0.3) is 0 Å². The molecule has 0 bridgehead atoms. The van der Waals surface area contributed by atoms with Crippen molar-refractivity contribution in [3.63, 3.8) is 0 Å². The molecule has 90 valence electrons. The Morgan fingerprint density at radius 3 is 2.44 bits per heavy atom. The van der Waals surface area contributed by atoms with Crippen LogP contribution < -0.4 is 0 Å². The molecule has 0 aliphatic heterocycles. The smallest absolute Gasteiger partial charge is 0.0241 e. The number of benzene rings is 1. The van der Waals surface area contributed by atoms with Crippen molar-refractivity contribution >= 4 is 0 Å². The van der Waals surface area contributed by atoms with Crippen LogP contribution in [0, 0.1) is 6.92 Å². The molecule has 0 saturated heterocycles. The highest BCUT2D eigenvalue weighted by atomic mass is 14.0. The van der Waals surface area contributed by atoms with Crippen LogP contribution in [-0.4, -0.2) is 0 Å². The van der Waals surface area contributed by atoms with Gasteiger partial charge in [-0.25, -0.2) is 0 Å². The van der Waals surface area contributed by atoms with E-state index in [1.165, 1.54) is 29.5 Å². The Kier molecular flexibility index (Phi) is 8.61. The fraction of sp³-hybridized carbons (Fsp3) is 0.500. The zero-order chi connectivity index (χ0) is 12.4. The summed E-state index contributed by atoms with van der Waals surface area (Å²) in [5.74, 6) is 0. The maximum atomic E-state index is 4.08. The molecule has 0 spiro atoms. The summed E-state index contributed by atoms with van der Waals surface area (Å²) in [5, 5.41) is 0. The molecular formula is C16H26. The van der Waals surface area contributed by atoms with E-state index in [0.29, 0.717) is 0 Å². The second kappa shape index (κ2) is 9.21. The molecule has 0 fully saturated rings. The molecule has 1 rings (SSSR count). The molecule has 0 aliphatic rings. The topological polar surface area (TPSA) is 0 Å². The molecule has 0 atom stereocenters. The average Bonchev–Trinajstić information content (AvgIpc) is 2.30. The lowest BCUT2D eigenvalue weighted by molar-refractivity contribution is 0.822. The van der Waals surface area contributed by atoms with Crippen LogP contribution in [0.5, 0.6) is 0 Å². The molecule has 0 N–H and O–H groups in total. The van der Waals surface area contributed by atoms with Gasteiger partial charge in [-0.05, 0) is 31.7 Å². The van der Waals surface area contributed by atoms with Gasteiger partial charge in [0.15, 0.2) is 0 Å². The van der Waals surface area contributed by atoms with Crippen LogP contribution in [0.2, 0.25) is 0 Å². The first-order valence-corrected chi connectivity index (χ1v) is 6.44. The summed E-state index contributed by atoms with van der Waals surface area (Å²) in [5.41, 5.74) is 4.17. The van der Waals surface area contributed by atoms with Gasteiger partial charge < -0.3 is 0 Å². The second-order valence-electron chi connectivity index (χ2n) is 3.99. The van der Waals surface area contributed by atoms with Gasteiger partial charge in [0.2, 0.25) is 0 Å². The molecule has 0 amide bonds. The molecule has 0 unspecified atom stereocenters. The molecule has 0 aliphatic carbocycles. The Morgan fingerprint density at radius 2 is 1.88 bits per heavy atom. The van der Waals surface area contributed by atoms with E-state index in [9.17, 15) is 0 Å². The van der Waals surface area contributed by atoms with Gasteiger partial charge in [-0.2, -0.15) is 0 Å². The van der Waals surface area contributed by atoms with Crippen molar-refractivity contribution in [2.24, 2.45) is 0 Å². The summed E-state index contributed by atoms with van der Waals surface area (Å²) in [4.78, 5) is 0. The van der Waals surface area contributed by atoms with Crippen molar-refractivity contribution in [2.45, 2.75) is 53.4 Å². The molecule has 0 radical (unpaired) electrons. The van der Waals surface area contributed by atoms with E-state index in [4.69, 9.17) is 0 Å². The molecule has 16 heavy (non-hydrogen) atoms. The van der Waals surface area contributed by atoms with Gasteiger partial charge in [-0.15, -0.1) is 0 Å². The Labute approximate surface area is 101 Å². The number of allylic oxidation sites excluding steroid dienone is 1. The number of rotatable bonds is 5. The summed E-state index contributed by atoms with van der Waals surface area (Å²) in [7, 11) is 0. The Morgan fingerprint density at radius 1 is 1.19 bits per heavy atom. The van der Waals surface area contributed by atoms with E-state index < -0.39 is 0 Å². The minimum atomic E-state index is 1.14. The van der Waals surface area contributed by atoms with Crippen LogP contribution in [0.4, 0.5) is 0 Å². The van der Waals surface area contributed by atoms with Crippen LogP contribution in [0.15, 0.2) is 36.4 Å². The van der Waals surface area contributed by atoms with Gasteiger partial charge in [0.05, 0.1) is 0 Å². The van der Waals surface area contributed by atoms with Crippen LogP contribution in [0.1, 0.15) is 51.2 Å². The zero-order valence-electron chi connectivity index (χ0n) is 11.3. The van der Waals surface area contributed by atoms with Crippen molar-refractivity contribution in [3.8, 4) is 0 Å². The van der Waals surface area contributed by atoms with E-state index in [-0.39, 0.29) is 0 Å². The summed E-state index contributed by atoms with van der Waals surface area (Å²) >= 11 is 0. The third-order valence-corrected chi connectivity index (χ3v) is 2.45. The van der Waals surface area contributed by atoms with Gasteiger partial charge in [0, 0.05) is 0 Å². The standard InChI is InChI=1S/C14H20.C2H6/c1-4-6-12(2)9-10-14-8-5-7-13(3)11-14;1-2/h5,7-8,11H,2,4,6,9-10H2,1,3H3;1-2H3. The molecular weight excluding hydrogens is 192 g/mol. The van der Waals surface area contributed by atoms with E-state index in [2.05, 4.69) is 44.7 Å². The van der Waals surface area contributed by atoms with E-state index in [0.717, 1.165) is 12.8 Å². The largest absolute Gasteiger partial charge is 0.0999 e. The minimum Gasteiger partial charge on any atom is -0.0999 e. The molecule has 0 nitrogen and oxygen atoms in total. The van der Waals surface area contributed by atoms with Crippen molar-refractivity contribution < 1.29 is 0 Å². The Bertz CT molecular complexity index is 297. The fourth-order valence-corrected chi connectivity index (χ4v) is 1.67. The first-order valence-electron chi connectivity index (χ1n) is 6.44. The summed E-state index contributed by atoms with van der Waals surface area (Å²) < 4.78 is 0. The Balaban J connectivity index is 0.00000106.